The van der Waals surface area contributed by atoms with Crippen LogP contribution < -0.4 is 0 Å². The van der Waals surface area contributed by atoms with Crippen LogP contribution in [-0.4, -0.2) is 13.5 Å². The van der Waals surface area contributed by atoms with E-state index in [1.165, 1.54) is 0 Å². The predicted molar refractivity (Wildman–Crippen MR) is 24.0 cm³/mol. The van der Waals surface area contributed by atoms with Crippen LogP contribution >= 0.6 is 20.2 Å². The maximum atomic E-state index is 9.61. The van der Waals surface area contributed by atoms with Gasteiger partial charge in [0.25, 0.3) is 0 Å². The van der Waals surface area contributed by atoms with Gasteiger partial charge in [-0.2, -0.15) is 0 Å². The molecule has 3 N–H and O–H groups in total. The summed E-state index contributed by atoms with van der Waals surface area (Å²) in [4.78, 5) is 15.5. The van der Waals surface area contributed by atoms with Crippen LogP contribution in [0.4, 0.5) is 0 Å². The summed E-state index contributed by atoms with van der Waals surface area (Å²) in [6.45, 7) is 0. The average Bonchev–Trinajstić information content (AvgIpc) is 1.14. The Kier molecular flexibility index (Phi) is 5.13. The van der Waals surface area contributed by atoms with Crippen molar-refractivity contribution in [2.45, 2.75) is 0 Å². The first-order valence-corrected chi connectivity index (χ1v) is 7.88. The molecule has 0 aliphatic carbocycles. The standard InChI is InChI=1S/ClH.H3O4P.H2O.2O.W/c;1-5(2,3)4;;;;/h1H;(H3,1,2,3,4);1H2;;;/q;;;;;+2/p-2. The molecule has 0 saturated heterocycles. The normalized spacial score (nSPS) is 12.3. The quantitative estimate of drug-likeness (QED) is 0.546. The number of halogens is 1. The molecule has 0 rings (SSSR count). The summed E-state index contributed by atoms with van der Waals surface area (Å²) in [6.07, 6.45) is 0. The zero-order valence-corrected chi connectivity index (χ0v) is 8.88. The predicted octanol–water partition coefficient (Wildman–Crippen LogP) is -0.815. The van der Waals surface area contributed by atoms with Crippen LogP contribution in [0.15, 0.2) is 0 Å². The van der Waals surface area contributed by atoms with Crippen LogP contribution in [0.1, 0.15) is 0 Å². The molecule has 0 aliphatic heterocycles. The van der Waals surface area contributed by atoms with E-state index in [1.54, 1.807) is 0 Å². The fourth-order valence-corrected chi connectivity index (χ4v) is 3.01. The Morgan fingerprint density at radius 3 is 1.60 bits per heavy atom. The van der Waals surface area contributed by atoms with E-state index in [2.05, 4.69) is 3.18 Å². The van der Waals surface area contributed by atoms with E-state index in [9.17, 15) is 11.4 Å². The molecule has 0 spiro atoms. The fraction of sp³-hybridized carbons (Fsp3) is 0. The van der Waals surface area contributed by atoms with Crippen LogP contribution in [-0.2, 0) is 31.3 Å². The van der Waals surface area contributed by atoms with Gasteiger partial charge in [0, 0.05) is 0 Å². The second-order valence-corrected chi connectivity index (χ2v) is 6.80. The van der Waals surface area contributed by atoms with Gasteiger partial charge in [0.1, 0.15) is 0 Å². The van der Waals surface area contributed by atoms with Crippen molar-refractivity contribution in [2.24, 2.45) is 0 Å². The first-order valence-electron chi connectivity index (χ1n) is 1.45. The van der Waals surface area contributed by atoms with Gasteiger partial charge in [-0.25, -0.2) is 0 Å². The van der Waals surface area contributed by atoms with Gasteiger partial charge >= 0.3 is 52.7 Å². The maximum absolute atomic E-state index is 9.61. The molecule has 0 aliphatic rings. The molecule has 0 aromatic carbocycles. The Balaban J connectivity index is 0. The van der Waals surface area contributed by atoms with E-state index < -0.39 is 24.6 Å². The van der Waals surface area contributed by atoms with Crippen LogP contribution in [0.2, 0.25) is 0 Å². The summed E-state index contributed by atoms with van der Waals surface area (Å²) in [5.41, 5.74) is 0. The van der Waals surface area contributed by atoms with E-state index in [0.29, 0.717) is 0 Å². The fourth-order valence-electron chi connectivity index (χ4n) is 0.123. The molecule has 7 nitrogen and oxygen atoms in total. The third kappa shape index (κ3) is 11.4. The third-order valence-electron chi connectivity index (χ3n) is 0.191. The van der Waals surface area contributed by atoms with Gasteiger partial charge in [-0.15, -0.1) is 12.4 Å². The van der Waals surface area contributed by atoms with Crippen molar-refractivity contribution in [3.8, 4) is 0 Å². The SMILES string of the molecule is Cl.O=P(O)(O)[O][W](=[O])(=[O])[OH]. The number of hydrogen-bond donors (Lipinski definition) is 3. The minimum atomic E-state index is -6.19. The van der Waals surface area contributed by atoms with Gasteiger partial charge in [-0.05, 0) is 0 Å². The summed E-state index contributed by atoms with van der Waals surface area (Å²) < 4.78 is 39.5. The molecule has 64 valence electrons. The first-order chi connectivity index (χ1) is 3.71. The van der Waals surface area contributed by atoms with Gasteiger partial charge in [0.15, 0.2) is 0 Å². The minimum absolute atomic E-state index is 0. The van der Waals surface area contributed by atoms with Crippen LogP contribution in [0.5, 0.6) is 0 Å². The number of hydrogen-bond acceptors (Lipinski definition) is 4. The van der Waals surface area contributed by atoms with Crippen molar-refractivity contribution >= 4 is 20.2 Å². The molecular formula is H4ClO7PW. The van der Waals surface area contributed by atoms with E-state index in [4.69, 9.17) is 13.5 Å². The Morgan fingerprint density at radius 2 is 1.60 bits per heavy atom. The first kappa shape index (κ1) is 13.3. The summed E-state index contributed by atoms with van der Waals surface area (Å²) in [5.74, 6) is 0. The molecule has 0 aromatic rings. The molecule has 0 heterocycles. The van der Waals surface area contributed by atoms with Crippen LogP contribution in [0, 0.1) is 0 Å². The van der Waals surface area contributed by atoms with Crippen molar-refractivity contribution in [3.05, 3.63) is 0 Å². The molecule has 0 unspecified atom stereocenters. The second-order valence-electron chi connectivity index (χ2n) is 0.993. The van der Waals surface area contributed by atoms with Gasteiger partial charge in [0.2, 0.25) is 0 Å². The zero-order valence-electron chi connectivity index (χ0n) is 4.24. The average molecular weight is 366 g/mol. The topological polar surface area (TPSA) is 121 Å². The van der Waals surface area contributed by atoms with Gasteiger partial charge < -0.3 is 0 Å². The molecular weight excluding hydrogens is 362 g/mol. The molecule has 0 bridgehead atoms. The van der Waals surface area contributed by atoms with E-state index in [-0.39, 0.29) is 12.4 Å². The van der Waals surface area contributed by atoms with Gasteiger partial charge in [-0.3, -0.25) is 0 Å². The molecule has 0 atom stereocenters. The monoisotopic (exact) mass is 366 g/mol. The zero-order chi connectivity index (χ0) is 7.71. The Hall–Kier alpha value is 0.648. The van der Waals surface area contributed by atoms with Crippen molar-refractivity contribution in [1.29, 1.82) is 0 Å². The van der Waals surface area contributed by atoms with Crippen molar-refractivity contribution in [1.82, 2.24) is 0 Å². The van der Waals surface area contributed by atoms with Crippen molar-refractivity contribution < 1.29 is 44.8 Å². The summed E-state index contributed by atoms with van der Waals surface area (Å²) in [7, 11) is -5.07. The molecule has 10 heavy (non-hydrogen) atoms. The summed E-state index contributed by atoms with van der Waals surface area (Å²) in [5, 5.41) is 0. The Morgan fingerprint density at radius 1 is 1.30 bits per heavy atom. The Labute approximate surface area is 65.4 Å². The molecule has 0 fully saturated rings. The van der Waals surface area contributed by atoms with Gasteiger partial charge in [-0.1, -0.05) is 0 Å². The van der Waals surface area contributed by atoms with E-state index in [0.717, 1.165) is 0 Å². The van der Waals surface area contributed by atoms with Crippen LogP contribution in [0.25, 0.3) is 0 Å². The van der Waals surface area contributed by atoms with Crippen molar-refractivity contribution in [2.75, 3.05) is 0 Å². The Bertz CT molecular complexity index is 220. The van der Waals surface area contributed by atoms with Crippen LogP contribution in [0.3, 0.4) is 0 Å². The number of phosphoric acid groups is 1. The second kappa shape index (κ2) is 3.87. The molecule has 0 amide bonds. The summed E-state index contributed by atoms with van der Waals surface area (Å²) in [6, 6.07) is 0. The molecule has 0 radical (unpaired) electrons. The third-order valence-corrected chi connectivity index (χ3v) is 4.70. The van der Waals surface area contributed by atoms with E-state index in [1.807, 2.05) is 0 Å². The molecule has 0 saturated carbocycles. The van der Waals surface area contributed by atoms with Crippen molar-refractivity contribution in [3.63, 3.8) is 0 Å². The van der Waals surface area contributed by atoms with Gasteiger partial charge in [0.05, 0.1) is 0 Å². The molecule has 10 heteroatoms. The summed E-state index contributed by atoms with van der Waals surface area (Å²) >= 11 is -6.19. The van der Waals surface area contributed by atoms with E-state index >= 15 is 0 Å². The number of rotatable bonds is 2. The molecule has 0 aromatic heterocycles.